The van der Waals surface area contributed by atoms with E-state index in [9.17, 15) is 13.2 Å². The number of nitrogens with zero attached hydrogens (tertiary/aromatic N) is 1. The van der Waals surface area contributed by atoms with E-state index in [4.69, 9.17) is 11.6 Å². The fraction of sp³-hybridized carbons (Fsp3) is 0.278. The molecule has 2 aromatic rings. The van der Waals surface area contributed by atoms with Crippen molar-refractivity contribution in [2.45, 2.75) is 37.8 Å². The lowest BCUT2D eigenvalue weighted by atomic mass is 10.1. The Hall–Kier alpha value is -1.41. The van der Waals surface area contributed by atoms with Gasteiger partial charge < -0.3 is 4.90 Å². The number of hydrogen-bond donors (Lipinski definition) is 1. The van der Waals surface area contributed by atoms with Crippen molar-refractivity contribution in [1.82, 2.24) is 4.72 Å². The van der Waals surface area contributed by atoms with E-state index < -0.39 is 10.0 Å². The molecule has 3 rings (SSSR count). The molecule has 0 radical (unpaired) electrons. The average Bonchev–Trinajstić information content (AvgIpc) is 2.88. The summed E-state index contributed by atoms with van der Waals surface area (Å²) in [6.07, 6.45) is 0.612. The van der Waals surface area contributed by atoms with Crippen LogP contribution in [0.5, 0.6) is 0 Å². The number of sulfonamides is 1. The van der Waals surface area contributed by atoms with E-state index in [0.29, 0.717) is 27.2 Å². The third-order valence-corrected chi connectivity index (χ3v) is 6.60. The lowest BCUT2D eigenvalue weighted by Gasteiger charge is -2.23. The summed E-state index contributed by atoms with van der Waals surface area (Å²) in [6, 6.07) is 10.4. The van der Waals surface area contributed by atoms with Crippen molar-refractivity contribution in [2.75, 3.05) is 4.90 Å². The zero-order valence-corrected chi connectivity index (χ0v) is 17.5. The Morgan fingerprint density at radius 1 is 1.35 bits per heavy atom. The molecule has 1 amide bonds. The normalized spacial score (nSPS) is 16.6. The molecular weight excluding hydrogens is 440 g/mol. The van der Waals surface area contributed by atoms with Crippen LogP contribution in [0.1, 0.15) is 25.0 Å². The van der Waals surface area contributed by atoms with E-state index in [-0.39, 0.29) is 23.4 Å². The van der Waals surface area contributed by atoms with Gasteiger partial charge in [0.15, 0.2) is 0 Å². The number of rotatable bonds is 4. The first kappa shape index (κ1) is 19.4. The molecule has 0 saturated heterocycles. The predicted molar refractivity (Wildman–Crippen MR) is 106 cm³/mol. The van der Waals surface area contributed by atoms with Crippen LogP contribution in [0.15, 0.2) is 45.8 Å². The lowest BCUT2D eigenvalue weighted by molar-refractivity contribution is -0.116. The molecule has 1 aliphatic heterocycles. The summed E-state index contributed by atoms with van der Waals surface area (Å²) in [5, 5.41) is 0.494. The number of nitrogens with one attached hydrogen (secondary N) is 1. The van der Waals surface area contributed by atoms with Crippen LogP contribution in [-0.2, 0) is 27.8 Å². The van der Waals surface area contributed by atoms with E-state index in [1.165, 1.54) is 13.0 Å². The Morgan fingerprint density at radius 2 is 2.04 bits per heavy atom. The SMILES string of the molecule is CC(=O)N1c2c(cc(Br)cc2S(=O)(=O)NCc2ccccc2Cl)CC1C. The summed E-state index contributed by atoms with van der Waals surface area (Å²) in [7, 11) is -3.85. The predicted octanol–water partition coefficient (Wildman–Crippen LogP) is 3.88. The summed E-state index contributed by atoms with van der Waals surface area (Å²) >= 11 is 9.48. The van der Waals surface area contributed by atoms with Gasteiger partial charge in [0.05, 0.1) is 5.69 Å². The summed E-state index contributed by atoms with van der Waals surface area (Å²) in [6.45, 7) is 3.42. The van der Waals surface area contributed by atoms with Crippen molar-refractivity contribution >= 4 is 49.1 Å². The van der Waals surface area contributed by atoms with Gasteiger partial charge in [0.1, 0.15) is 4.90 Å². The molecule has 0 bridgehead atoms. The smallest absolute Gasteiger partial charge is 0.242 e. The quantitative estimate of drug-likeness (QED) is 0.758. The highest BCUT2D eigenvalue weighted by Crippen LogP contribution is 2.40. The van der Waals surface area contributed by atoms with Crippen molar-refractivity contribution in [2.24, 2.45) is 0 Å². The molecule has 26 heavy (non-hydrogen) atoms. The first-order valence-corrected chi connectivity index (χ1v) is 10.7. The monoisotopic (exact) mass is 456 g/mol. The number of amides is 1. The Balaban J connectivity index is 2.01. The maximum Gasteiger partial charge on any atom is 0.242 e. The average molecular weight is 458 g/mol. The minimum atomic E-state index is -3.85. The summed E-state index contributed by atoms with van der Waals surface area (Å²) < 4.78 is 29.2. The van der Waals surface area contributed by atoms with Gasteiger partial charge in [0.25, 0.3) is 0 Å². The minimum absolute atomic E-state index is 0.0684. The van der Waals surface area contributed by atoms with Crippen molar-refractivity contribution in [3.8, 4) is 0 Å². The lowest BCUT2D eigenvalue weighted by Crippen LogP contribution is -2.35. The Bertz CT molecular complexity index is 978. The molecule has 0 aromatic heterocycles. The topological polar surface area (TPSA) is 66.5 Å². The van der Waals surface area contributed by atoms with Crippen LogP contribution in [-0.4, -0.2) is 20.4 Å². The number of hydrogen-bond acceptors (Lipinski definition) is 3. The van der Waals surface area contributed by atoms with Crippen molar-refractivity contribution in [3.05, 3.63) is 57.0 Å². The van der Waals surface area contributed by atoms with Crippen LogP contribution in [0.2, 0.25) is 5.02 Å². The second-order valence-corrected chi connectivity index (χ2v) is 9.33. The van der Waals surface area contributed by atoms with E-state index >= 15 is 0 Å². The first-order valence-electron chi connectivity index (χ1n) is 8.06. The fourth-order valence-electron chi connectivity index (χ4n) is 3.25. The fourth-order valence-corrected chi connectivity index (χ4v) is 5.38. The molecule has 0 fully saturated rings. The van der Waals surface area contributed by atoms with Crippen LogP contribution in [0.4, 0.5) is 5.69 Å². The van der Waals surface area contributed by atoms with E-state index in [1.807, 2.05) is 13.0 Å². The molecule has 1 atom stereocenters. The van der Waals surface area contributed by atoms with Crippen molar-refractivity contribution in [3.63, 3.8) is 0 Å². The highest BCUT2D eigenvalue weighted by atomic mass is 79.9. The second kappa shape index (κ2) is 7.31. The molecule has 5 nitrogen and oxygen atoms in total. The van der Waals surface area contributed by atoms with Crippen LogP contribution in [0, 0.1) is 0 Å². The molecule has 0 aliphatic carbocycles. The standard InChI is InChI=1S/C18H18BrClN2O3S/c1-11-7-14-8-15(19)9-17(18(14)22(11)12(2)23)26(24,25)21-10-13-5-3-4-6-16(13)20/h3-6,8-9,11,21H,7,10H2,1-2H3. The summed E-state index contributed by atoms with van der Waals surface area (Å²) in [5.74, 6) is -0.180. The molecule has 8 heteroatoms. The van der Waals surface area contributed by atoms with Gasteiger partial charge in [-0.3, -0.25) is 4.79 Å². The first-order chi connectivity index (χ1) is 12.2. The second-order valence-electron chi connectivity index (χ2n) is 6.27. The van der Waals surface area contributed by atoms with Crippen molar-refractivity contribution in [1.29, 1.82) is 0 Å². The van der Waals surface area contributed by atoms with Crippen molar-refractivity contribution < 1.29 is 13.2 Å². The molecule has 1 heterocycles. The molecule has 1 aliphatic rings. The van der Waals surface area contributed by atoms with Crippen LogP contribution in [0.25, 0.3) is 0 Å². The van der Waals surface area contributed by atoms with Gasteiger partial charge in [-0.15, -0.1) is 0 Å². The number of halogens is 2. The Labute approximate surface area is 166 Å². The van der Waals surface area contributed by atoms with Gasteiger partial charge in [-0.05, 0) is 42.7 Å². The summed E-state index contributed by atoms with van der Waals surface area (Å²) in [4.78, 5) is 13.7. The van der Waals surface area contributed by atoms with E-state index in [1.54, 1.807) is 29.2 Å². The number of benzene rings is 2. The van der Waals surface area contributed by atoms with Gasteiger partial charge >= 0.3 is 0 Å². The van der Waals surface area contributed by atoms with Crippen LogP contribution in [0.3, 0.4) is 0 Å². The Morgan fingerprint density at radius 3 is 2.69 bits per heavy atom. The maximum atomic E-state index is 13.0. The van der Waals surface area contributed by atoms with Gasteiger partial charge in [0.2, 0.25) is 15.9 Å². The zero-order valence-electron chi connectivity index (χ0n) is 14.3. The number of carbonyl (C=O) groups excluding carboxylic acids is 1. The number of anilines is 1. The molecular formula is C18H18BrClN2O3S. The van der Waals surface area contributed by atoms with Gasteiger partial charge in [-0.1, -0.05) is 45.7 Å². The third kappa shape index (κ3) is 3.67. The molecule has 1 N–H and O–H groups in total. The van der Waals surface area contributed by atoms with E-state index in [0.717, 1.165) is 5.56 Å². The van der Waals surface area contributed by atoms with Gasteiger partial charge in [-0.2, -0.15) is 0 Å². The highest BCUT2D eigenvalue weighted by Gasteiger charge is 2.35. The van der Waals surface area contributed by atoms with E-state index in [2.05, 4.69) is 20.7 Å². The number of fused-ring (bicyclic) bond motifs is 1. The van der Waals surface area contributed by atoms with Crippen LogP contribution >= 0.6 is 27.5 Å². The Kier molecular flexibility index (Phi) is 5.44. The molecule has 2 aromatic carbocycles. The number of carbonyl (C=O) groups is 1. The molecule has 0 spiro atoms. The molecule has 0 saturated carbocycles. The zero-order chi connectivity index (χ0) is 19.1. The molecule has 1 unspecified atom stereocenters. The minimum Gasteiger partial charge on any atom is -0.308 e. The summed E-state index contributed by atoms with van der Waals surface area (Å²) in [5.41, 5.74) is 1.97. The van der Waals surface area contributed by atoms with Gasteiger partial charge in [-0.25, -0.2) is 13.1 Å². The van der Waals surface area contributed by atoms with Gasteiger partial charge in [0, 0.05) is 29.0 Å². The maximum absolute atomic E-state index is 13.0. The van der Waals surface area contributed by atoms with Crippen LogP contribution < -0.4 is 9.62 Å². The highest BCUT2D eigenvalue weighted by molar-refractivity contribution is 9.10. The largest absolute Gasteiger partial charge is 0.308 e. The molecule has 138 valence electrons. The third-order valence-electron chi connectivity index (χ3n) is 4.35.